The number of benzene rings is 2. The van der Waals surface area contributed by atoms with E-state index in [0.29, 0.717) is 23.6 Å². The van der Waals surface area contributed by atoms with Crippen LogP contribution in [-0.4, -0.2) is 29.9 Å². The zero-order valence-electron chi connectivity index (χ0n) is 16.4. The number of rotatable bonds is 7. The van der Waals surface area contributed by atoms with Crippen LogP contribution in [-0.2, 0) is 9.59 Å². The van der Waals surface area contributed by atoms with Gasteiger partial charge < -0.3 is 10.1 Å². The van der Waals surface area contributed by atoms with E-state index in [1.54, 1.807) is 6.08 Å². The van der Waals surface area contributed by atoms with Crippen molar-refractivity contribution in [3.05, 3.63) is 77.5 Å². The van der Waals surface area contributed by atoms with Crippen molar-refractivity contribution in [2.24, 2.45) is 0 Å². The van der Waals surface area contributed by atoms with E-state index < -0.39 is 0 Å². The lowest BCUT2D eigenvalue weighted by Gasteiger charge is -2.13. The molecule has 1 heterocycles. The maximum atomic E-state index is 13.0. The van der Waals surface area contributed by atoms with E-state index in [9.17, 15) is 9.59 Å². The largest absolute Gasteiger partial charge is 0.494 e. The number of hydrogen-bond acceptors (Lipinski definition) is 4. The molecule has 2 aromatic carbocycles. The van der Waals surface area contributed by atoms with E-state index in [-0.39, 0.29) is 24.1 Å². The van der Waals surface area contributed by atoms with Crippen molar-refractivity contribution in [1.82, 2.24) is 4.90 Å². The fourth-order valence-electron chi connectivity index (χ4n) is 3.13. The highest BCUT2D eigenvalue weighted by Crippen LogP contribution is 2.32. The predicted molar refractivity (Wildman–Crippen MR) is 111 cm³/mol. The van der Waals surface area contributed by atoms with Gasteiger partial charge in [0.25, 0.3) is 11.8 Å². The van der Waals surface area contributed by atoms with E-state index in [0.717, 1.165) is 16.7 Å². The molecule has 2 amide bonds. The van der Waals surface area contributed by atoms with Gasteiger partial charge in [-0.15, -0.1) is 6.58 Å². The monoisotopic (exact) mass is 376 g/mol. The van der Waals surface area contributed by atoms with Gasteiger partial charge in [0.15, 0.2) is 0 Å². The third-order valence-corrected chi connectivity index (χ3v) is 4.69. The maximum Gasteiger partial charge on any atom is 0.278 e. The number of nitrogens with zero attached hydrogens (tertiary/aromatic N) is 1. The number of amides is 2. The van der Waals surface area contributed by atoms with Crippen LogP contribution in [0.5, 0.6) is 5.75 Å². The highest BCUT2D eigenvalue weighted by molar-refractivity contribution is 6.36. The summed E-state index contributed by atoms with van der Waals surface area (Å²) in [5, 5.41) is 3.14. The van der Waals surface area contributed by atoms with Gasteiger partial charge in [-0.05, 0) is 49.6 Å². The Balaban J connectivity index is 2.07. The van der Waals surface area contributed by atoms with E-state index in [1.807, 2.05) is 63.2 Å². The van der Waals surface area contributed by atoms with Gasteiger partial charge >= 0.3 is 0 Å². The molecule has 5 heteroatoms. The molecule has 3 rings (SSSR count). The van der Waals surface area contributed by atoms with Crippen LogP contribution in [0.3, 0.4) is 0 Å². The first-order valence-electron chi connectivity index (χ1n) is 9.25. The van der Waals surface area contributed by atoms with Crippen LogP contribution in [0.2, 0.25) is 0 Å². The van der Waals surface area contributed by atoms with Gasteiger partial charge in [-0.2, -0.15) is 0 Å². The molecule has 0 atom stereocenters. The third kappa shape index (κ3) is 3.69. The summed E-state index contributed by atoms with van der Waals surface area (Å²) in [4.78, 5) is 27.2. The number of nitrogens with one attached hydrogen (secondary N) is 1. The Labute approximate surface area is 165 Å². The summed E-state index contributed by atoms with van der Waals surface area (Å²) in [5.41, 5.74) is 4.23. The number of ether oxygens (including phenoxy) is 1. The first-order valence-corrected chi connectivity index (χ1v) is 9.25. The molecule has 0 unspecified atom stereocenters. The van der Waals surface area contributed by atoms with Gasteiger partial charge in [-0.1, -0.05) is 30.3 Å². The van der Waals surface area contributed by atoms with Gasteiger partial charge in [0.1, 0.15) is 11.4 Å². The maximum absolute atomic E-state index is 13.0. The first-order chi connectivity index (χ1) is 13.5. The van der Waals surface area contributed by atoms with E-state index >= 15 is 0 Å². The van der Waals surface area contributed by atoms with Crippen molar-refractivity contribution < 1.29 is 14.3 Å². The van der Waals surface area contributed by atoms with Crippen LogP contribution in [0.1, 0.15) is 23.6 Å². The molecule has 1 N–H and O–H groups in total. The summed E-state index contributed by atoms with van der Waals surface area (Å²) in [5.74, 6) is 0.0112. The molecule has 0 aliphatic carbocycles. The molecule has 2 aromatic rings. The fraction of sp³-hybridized carbons (Fsp3) is 0.217. The molecule has 0 aromatic heterocycles. The van der Waals surface area contributed by atoms with Gasteiger partial charge in [-0.3, -0.25) is 14.5 Å². The minimum absolute atomic E-state index is 0.163. The zero-order chi connectivity index (χ0) is 20.3. The van der Waals surface area contributed by atoms with Gasteiger partial charge in [0.05, 0.1) is 12.2 Å². The molecule has 144 valence electrons. The summed E-state index contributed by atoms with van der Waals surface area (Å²) in [6.07, 6.45) is 1.55. The smallest absolute Gasteiger partial charge is 0.278 e. The molecule has 1 aliphatic heterocycles. The Kier molecular flexibility index (Phi) is 5.64. The van der Waals surface area contributed by atoms with Crippen molar-refractivity contribution in [1.29, 1.82) is 0 Å². The van der Waals surface area contributed by atoms with Crippen molar-refractivity contribution in [2.45, 2.75) is 20.8 Å². The van der Waals surface area contributed by atoms with Crippen molar-refractivity contribution in [3.8, 4) is 5.75 Å². The Hall–Kier alpha value is -3.34. The average molecular weight is 376 g/mol. The lowest BCUT2D eigenvalue weighted by atomic mass is 9.99. The fourth-order valence-corrected chi connectivity index (χ4v) is 3.13. The van der Waals surface area contributed by atoms with E-state index in [1.165, 1.54) is 4.90 Å². The van der Waals surface area contributed by atoms with Crippen molar-refractivity contribution in [2.75, 3.05) is 18.5 Å². The first kappa shape index (κ1) is 19.4. The third-order valence-electron chi connectivity index (χ3n) is 4.69. The van der Waals surface area contributed by atoms with Crippen LogP contribution in [0.4, 0.5) is 5.69 Å². The lowest BCUT2D eigenvalue weighted by molar-refractivity contribution is -0.136. The van der Waals surface area contributed by atoms with Crippen LogP contribution in [0.15, 0.2) is 60.8 Å². The molecular formula is C23H24N2O3. The molecule has 0 bridgehead atoms. The number of imide groups is 1. The summed E-state index contributed by atoms with van der Waals surface area (Å²) in [6, 6.07) is 13.1. The highest BCUT2D eigenvalue weighted by atomic mass is 16.5. The Morgan fingerprint density at radius 2 is 1.86 bits per heavy atom. The van der Waals surface area contributed by atoms with Gasteiger partial charge in [0, 0.05) is 18.3 Å². The average Bonchev–Trinajstić information content (AvgIpc) is 2.89. The Morgan fingerprint density at radius 3 is 2.54 bits per heavy atom. The van der Waals surface area contributed by atoms with Gasteiger partial charge in [-0.25, -0.2) is 0 Å². The molecule has 0 fully saturated rings. The molecule has 1 aliphatic rings. The van der Waals surface area contributed by atoms with Crippen LogP contribution in [0.25, 0.3) is 5.57 Å². The quantitative estimate of drug-likeness (QED) is 0.584. The minimum atomic E-state index is -0.361. The number of anilines is 1. The molecule has 0 radical (unpaired) electrons. The van der Waals surface area contributed by atoms with Crippen molar-refractivity contribution in [3.63, 3.8) is 0 Å². The second-order valence-corrected chi connectivity index (χ2v) is 6.64. The number of hydrogen-bond donors (Lipinski definition) is 1. The summed E-state index contributed by atoms with van der Waals surface area (Å²) in [7, 11) is 0. The molecule has 5 nitrogen and oxygen atoms in total. The molecular weight excluding hydrogens is 352 g/mol. The molecule has 0 saturated heterocycles. The summed E-state index contributed by atoms with van der Waals surface area (Å²) >= 11 is 0. The molecule has 0 spiro atoms. The zero-order valence-corrected chi connectivity index (χ0v) is 16.4. The van der Waals surface area contributed by atoms with Crippen LogP contribution >= 0.6 is 0 Å². The Bertz CT molecular complexity index is 976. The lowest BCUT2D eigenvalue weighted by Crippen LogP contribution is -2.32. The summed E-state index contributed by atoms with van der Waals surface area (Å²) < 4.78 is 5.53. The highest BCUT2D eigenvalue weighted by Gasteiger charge is 2.38. The normalized spacial score (nSPS) is 13.9. The van der Waals surface area contributed by atoms with Crippen molar-refractivity contribution >= 4 is 23.1 Å². The van der Waals surface area contributed by atoms with Crippen LogP contribution < -0.4 is 10.1 Å². The Morgan fingerprint density at radius 1 is 1.07 bits per heavy atom. The molecule has 0 saturated carbocycles. The number of aryl methyl sites for hydroxylation is 2. The minimum Gasteiger partial charge on any atom is -0.494 e. The van der Waals surface area contributed by atoms with Crippen LogP contribution in [0, 0.1) is 13.8 Å². The van der Waals surface area contributed by atoms with E-state index in [2.05, 4.69) is 11.9 Å². The predicted octanol–water partition coefficient (Wildman–Crippen LogP) is 4.08. The van der Waals surface area contributed by atoms with E-state index in [4.69, 9.17) is 4.74 Å². The topological polar surface area (TPSA) is 58.6 Å². The second-order valence-electron chi connectivity index (χ2n) is 6.64. The summed E-state index contributed by atoms with van der Waals surface area (Å²) in [6.45, 7) is 10.3. The standard InChI is InChI=1S/C23H24N2O3/c1-5-12-25-22(26)20(17-11-10-15(3)16(4)13-17)21(23(25)27)24-18-8-7-9-19(14-18)28-6-2/h5,7-11,13-14,24H,1,6,12H2,2-4H3. The second kappa shape index (κ2) is 8.13. The SMILES string of the molecule is C=CCN1C(=O)C(Nc2cccc(OCC)c2)=C(c2ccc(C)c(C)c2)C1=O. The van der Waals surface area contributed by atoms with Gasteiger partial charge in [0.2, 0.25) is 0 Å². The number of carbonyl (C=O) groups excluding carboxylic acids is 2. The molecule has 28 heavy (non-hydrogen) atoms. The number of carbonyl (C=O) groups is 2.